The molecule has 0 aliphatic carbocycles. The van der Waals surface area contributed by atoms with Crippen LogP contribution in [0.5, 0.6) is 0 Å². The van der Waals surface area contributed by atoms with Crippen LogP contribution >= 0.6 is 0 Å². The summed E-state index contributed by atoms with van der Waals surface area (Å²) in [5.74, 6) is -0.126. The molecule has 0 saturated carbocycles. The summed E-state index contributed by atoms with van der Waals surface area (Å²) >= 11 is 0. The minimum absolute atomic E-state index is 0.0234. The van der Waals surface area contributed by atoms with Crippen LogP contribution in [0.4, 0.5) is 0 Å². The zero-order valence-corrected chi connectivity index (χ0v) is 35.7. The predicted molar refractivity (Wildman–Crippen MR) is 232 cm³/mol. The minimum atomic E-state index is -0.859. The fourth-order valence-electron chi connectivity index (χ4n) is 6.74. The number of rotatable bonds is 42. The van der Waals surface area contributed by atoms with Crippen molar-refractivity contribution >= 4 is 11.9 Å². The smallest absolute Gasteiger partial charge is 0.305 e. The molecule has 6 nitrogen and oxygen atoms in total. The molecule has 0 aromatic rings. The molecule has 0 aromatic heterocycles. The van der Waals surface area contributed by atoms with E-state index in [9.17, 15) is 19.8 Å². The molecule has 0 fully saturated rings. The van der Waals surface area contributed by atoms with Crippen LogP contribution in [0.1, 0.15) is 232 Å². The molecule has 0 bridgehead atoms. The number of hydrogen-bond donors (Lipinski definition) is 3. The third-order valence-corrected chi connectivity index (χ3v) is 10.4. The van der Waals surface area contributed by atoms with Gasteiger partial charge in [0, 0.05) is 12.8 Å². The lowest BCUT2D eigenvalue weighted by Crippen LogP contribution is -2.45. The SMILES string of the molecule is CCCCCCCC/C=C\CCCCCCCC(=O)OCCCCCCCC/C=C\CCCCCC(=O)NC(CO)C(O)/C=C/CCCCCCCCC. The Morgan fingerprint density at radius 1 is 0.500 bits per heavy atom. The quantitative estimate of drug-likeness (QED) is 0.0327. The fraction of sp³-hybridized carbons (Fsp3) is 0.833. The number of amides is 1. The Morgan fingerprint density at radius 2 is 0.870 bits per heavy atom. The summed E-state index contributed by atoms with van der Waals surface area (Å²) in [4.78, 5) is 24.3. The molecule has 3 N–H and O–H groups in total. The van der Waals surface area contributed by atoms with E-state index in [0.717, 1.165) is 70.6 Å². The molecule has 0 aliphatic rings. The van der Waals surface area contributed by atoms with Crippen LogP contribution in [0.3, 0.4) is 0 Å². The third-order valence-electron chi connectivity index (χ3n) is 10.4. The summed E-state index contributed by atoms with van der Waals surface area (Å²) in [6.45, 7) is 4.80. The molecule has 316 valence electrons. The number of unbranched alkanes of at least 4 members (excludes halogenated alkanes) is 27. The van der Waals surface area contributed by atoms with Gasteiger partial charge in [-0.05, 0) is 83.5 Å². The van der Waals surface area contributed by atoms with Crippen LogP contribution < -0.4 is 5.32 Å². The van der Waals surface area contributed by atoms with Gasteiger partial charge < -0.3 is 20.3 Å². The average molecular weight is 760 g/mol. The molecule has 0 aliphatic heterocycles. The lowest BCUT2D eigenvalue weighted by Gasteiger charge is -2.19. The van der Waals surface area contributed by atoms with Crippen LogP contribution in [0, 0.1) is 0 Å². The van der Waals surface area contributed by atoms with E-state index >= 15 is 0 Å². The van der Waals surface area contributed by atoms with Gasteiger partial charge in [0.05, 0.1) is 25.4 Å². The first kappa shape index (κ1) is 52.1. The highest BCUT2D eigenvalue weighted by molar-refractivity contribution is 5.76. The van der Waals surface area contributed by atoms with Gasteiger partial charge in [-0.2, -0.15) is 0 Å². The number of hydrogen-bond acceptors (Lipinski definition) is 5. The minimum Gasteiger partial charge on any atom is -0.466 e. The monoisotopic (exact) mass is 760 g/mol. The molecular formula is C48H89NO5. The maximum atomic E-state index is 12.3. The molecule has 6 heteroatoms. The van der Waals surface area contributed by atoms with Crippen LogP contribution in [-0.4, -0.2) is 47.4 Å². The van der Waals surface area contributed by atoms with Gasteiger partial charge in [0.25, 0.3) is 0 Å². The molecule has 0 radical (unpaired) electrons. The maximum Gasteiger partial charge on any atom is 0.305 e. The van der Waals surface area contributed by atoms with Crippen molar-refractivity contribution in [3.63, 3.8) is 0 Å². The molecule has 0 spiro atoms. The van der Waals surface area contributed by atoms with E-state index in [4.69, 9.17) is 4.74 Å². The summed E-state index contributed by atoms with van der Waals surface area (Å²) in [6, 6.07) is -0.646. The Morgan fingerprint density at radius 3 is 1.33 bits per heavy atom. The number of carbonyl (C=O) groups is 2. The van der Waals surface area contributed by atoms with Gasteiger partial charge in [0.1, 0.15) is 0 Å². The summed E-state index contributed by atoms with van der Waals surface area (Å²) in [7, 11) is 0. The van der Waals surface area contributed by atoms with Gasteiger partial charge in [-0.1, -0.05) is 172 Å². The Hall–Kier alpha value is -1.92. The molecule has 0 rings (SSSR count). The second-order valence-electron chi connectivity index (χ2n) is 15.7. The number of carbonyl (C=O) groups excluding carboxylic acids is 2. The van der Waals surface area contributed by atoms with E-state index in [1.807, 2.05) is 6.08 Å². The van der Waals surface area contributed by atoms with Gasteiger partial charge in [-0.15, -0.1) is 0 Å². The first-order valence-electron chi connectivity index (χ1n) is 23.3. The van der Waals surface area contributed by atoms with Crippen molar-refractivity contribution in [2.75, 3.05) is 13.2 Å². The topological polar surface area (TPSA) is 95.9 Å². The van der Waals surface area contributed by atoms with E-state index < -0.39 is 12.1 Å². The van der Waals surface area contributed by atoms with Gasteiger partial charge >= 0.3 is 5.97 Å². The molecule has 0 aromatic carbocycles. The first-order valence-corrected chi connectivity index (χ1v) is 23.3. The van der Waals surface area contributed by atoms with Crippen LogP contribution in [0.25, 0.3) is 0 Å². The van der Waals surface area contributed by atoms with Gasteiger partial charge in [-0.25, -0.2) is 0 Å². The molecular weight excluding hydrogens is 671 g/mol. The number of nitrogens with one attached hydrogen (secondary N) is 1. The number of allylic oxidation sites excluding steroid dienone is 5. The summed E-state index contributed by atoms with van der Waals surface area (Å²) < 4.78 is 5.44. The van der Waals surface area contributed by atoms with Crippen molar-refractivity contribution in [3.05, 3.63) is 36.5 Å². The highest BCUT2D eigenvalue weighted by Crippen LogP contribution is 2.13. The molecule has 54 heavy (non-hydrogen) atoms. The third kappa shape index (κ3) is 39.8. The summed E-state index contributed by atoms with van der Waals surface area (Å²) in [5, 5.41) is 22.8. The zero-order valence-electron chi connectivity index (χ0n) is 35.7. The van der Waals surface area contributed by atoms with Crippen molar-refractivity contribution in [1.29, 1.82) is 0 Å². The molecule has 2 unspecified atom stereocenters. The van der Waals surface area contributed by atoms with E-state index in [1.54, 1.807) is 6.08 Å². The Labute approximate surface area is 334 Å². The van der Waals surface area contributed by atoms with Crippen LogP contribution in [0.2, 0.25) is 0 Å². The molecule has 0 heterocycles. The van der Waals surface area contributed by atoms with Crippen LogP contribution in [0.15, 0.2) is 36.5 Å². The molecule has 0 saturated heterocycles. The number of aliphatic hydroxyl groups is 2. The highest BCUT2D eigenvalue weighted by Gasteiger charge is 2.18. The fourth-order valence-corrected chi connectivity index (χ4v) is 6.74. The second kappa shape index (κ2) is 43.8. The predicted octanol–water partition coefficient (Wildman–Crippen LogP) is 13.3. The Bertz CT molecular complexity index is 884. The normalized spacial score (nSPS) is 13.0. The Balaban J connectivity index is 3.52. The Kier molecular flexibility index (Phi) is 42.2. The van der Waals surface area contributed by atoms with E-state index in [1.165, 1.54) is 135 Å². The molecule has 1 amide bonds. The van der Waals surface area contributed by atoms with E-state index in [-0.39, 0.29) is 18.5 Å². The standard InChI is InChI=1S/C48H89NO5/c1-3-5-7-9-11-13-14-15-16-19-22-26-30-34-38-42-48(53)54-43-39-35-31-27-23-20-17-18-21-25-29-33-37-41-47(52)49-45(44-50)46(51)40-36-32-28-24-12-10-8-6-4-2/h15-16,18,21,36,40,45-46,50-51H,3-14,17,19-20,22-35,37-39,41-44H2,1-2H3,(H,49,52)/b16-15-,21-18-,40-36+. The summed E-state index contributed by atoms with van der Waals surface area (Å²) in [6.07, 6.45) is 51.4. The van der Waals surface area contributed by atoms with Crippen molar-refractivity contribution in [2.24, 2.45) is 0 Å². The number of aliphatic hydroxyl groups excluding tert-OH is 2. The van der Waals surface area contributed by atoms with Crippen molar-refractivity contribution in [2.45, 2.75) is 244 Å². The lowest BCUT2D eigenvalue weighted by atomic mass is 10.1. The maximum absolute atomic E-state index is 12.3. The molecule has 2 atom stereocenters. The zero-order chi connectivity index (χ0) is 39.4. The average Bonchev–Trinajstić information content (AvgIpc) is 3.17. The summed E-state index contributed by atoms with van der Waals surface area (Å²) in [5.41, 5.74) is 0. The first-order chi connectivity index (χ1) is 26.5. The highest BCUT2D eigenvalue weighted by atomic mass is 16.5. The van der Waals surface area contributed by atoms with E-state index in [2.05, 4.69) is 43.5 Å². The number of ether oxygens (including phenoxy) is 1. The van der Waals surface area contributed by atoms with Crippen molar-refractivity contribution in [3.8, 4) is 0 Å². The van der Waals surface area contributed by atoms with Crippen molar-refractivity contribution < 1.29 is 24.5 Å². The van der Waals surface area contributed by atoms with Gasteiger partial charge in [0.2, 0.25) is 5.91 Å². The lowest BCUT2D eigenvalue weighted by molar-refractivity contribution is -0.143. The number of esters is 1. The van der Waals surface area contributed by atoms with Gasteiger partial charge in [0.15, 0.2) is 0 Å². The van der Waals surface area contributed by atoms with Crippen LogP contribution in [-0.2, 0) is 14.3 Å². The van der Waals surface area contributed by atoms with Gasteiger partial charge in [-0.3, -0.25) is 9.59 Å². The largest absolute Gasteiger partial charge is 0.466 e. The van der Waals surface area contributed by atoms with Crippen molar-refractivity contribution in [1.82, 2.24) is 5.32 Å². The second-order valence-corrected chi connectivity index (χ2v) is 15.7. The van der Waals surface area contributed by atoms with E-state index in [0.29, 0.717) is 19.4 Å².